The van der Waals surface area contributed by atoms with Gasteiger partial charge in [-0.05, 0) is 35.8 Å². The van der Waals surface area contributed by atoms with Gasteiger partial charge in [0.2, 0.25) is 0 Å². The van der Waals surface area contributed by atoms with Crippen LogP contribution in [0.1, 0.15) is 84.2 Å². The summed E-state index contributed by atoms with van der Waals surface area (Å²) in [5.74, 6) is -1.63. The number of carbonyl (C=O) groups excluding carboxylic acids is 2. The molecule has 5 heteroatoms. The number of aromatic carboxylic acids is 2. The predicted molar refractivity (Wildman–Crippen MR) is 105 cm³/mol. The summed E-state index contributed by atoms with van der Waals surface area (Å²) in [7, 11) is 0. The first-order valence-electron chi connectivity index (χ1n) is 8.93. The Balaban J connectivity index is 0.000000483. The van der Waals surface area contributed by atoms with Gasteiger partial charge in [0.15, 0.2) is 0 Å². The van der Waals surface area contributed by atoms with Gasteiger partial charge in [-0.2, -0.15) is 0 Å². The second kappa shape index (κ2) is 13.2. The number of carboxylic acids is 2. The van der Waals surface area contributed by atoms with Crippen LogP contribution in [0.25, 0.3) is 0 Å². The maximum atomic E-state index is 10.7. The van der Waals surface area contributed by atoms with Gasteiger partial charge in [0, 0.05) is 11.1 Å². The van der Waals surface area contributed by atoms with Gasteiger partial charge in [0.25, 0.3) is 0 Å². The van der Waals surface area contributed by atoms with Gasteiger partial charge in [-0.25, -0.2) is 0 Å². The Labute approximate surface area is 202 Å². The average Bonchev–Trinajstić information content (AvgIpc) is 2.67. The number of rotatable bonds is 6. The van der Waals surface area contributed by atoms with Crippen LogP contribution in [0.5, 0.6) is 0 Å². The van der Waals surface area contributed by atoms with E-state index in [9.17, 15) is 19.8 Å². The summed E-state index contributed by atoms with van der Waals surface area (Å²) in [5.41, 5.74) is 2.36. The number of hydrogen-bond acceptors (Lipinski definition) is 4. The second-order valence-electron chi connectivity index (χ2n) is 6.37. The Morgan fingerprint density at radius 1 is 0.741 bits per heavy atom. The van der Waals surface area contributed by atoms with Crippen molar-refractivity contribution in [1.29, 1.82) is 0 Å². The smallest absolute Gasteiger partial charge is 0.545 e. The fraction of sp³-hybridized carbons (Fsp3) is 0.364. The first kappa shape index (κ1) is 26.0. The number of benzene rings is 2. The topological polar surface area (TPSA) is 80.3 Å². The minimum Gasteiger partial charge on any atom is -0.545 e. The number of hydrogen-bond donors (Lipinski definition) is 0. The van der Waals surface area contributed by atoms with Crippen LogP contribution in [0.15, 0.2) is 48.5 Å². The zero-order chi connectivity index (χ0) is 19.7. The number of carboxylic acid groups (broad SMARTS) is 2. The third kappa shape index (κ3) is 7.84. The molecule has 0 heterocycles. The van der Waals surface area contributed by atoms with Crippen LogP contribution < -0.4 is 10.2 Å². The summed E-state index contributed by atoms with van der Waals surface area (Å²) in [6.07, 6.45) is 1.87. The van der Waals surface area contributed by atoms with E-state index in [1.165, 1.54) is 0 Å². The van der Waals surface area contributed by atoms with Crippen LogP contribution in [0, 0.1) is 0 Å². The molecule has 2 aromatic carbocycles. The van der Waals surface area contributed by atoms with Crippen LogP contribution >= 0.6 is 0 Å². The standard InChI is InChI=1S/2C11H14O2.Ba/c2*1-3-8(2)9-6-4-5-7-10(9)11(12)13;/h2*4-8H,3H2,1-2H3,(H,12,13);/q;;+2/p-2. The molecule has 0 spiro atoms. The monoisotopic (exact) mass is 492 g/mol. The third-order valence-corrected chi connectivity index (χ3v) is 4.65. The van der Waals surface area contributed by atoms with E-state index in [1.807, 2.05) is 52.0 Å². The summed E-state index contributed by atoms with van der Waals surface area (Å²) in [6, 6.07) is 14.0. The zero-order valence-electron chi connectivity index (χ0n) is 16.5. The molecule has 2 rings (SSSR count). The Kier molecular flexibility index (Phi) is 12.7. The third-order valence-electron chi connectivity index (χ3n) is 4.65. The first-order valence-corrected chi connectivity index (χ1v) is 8.93. The van der Waals surface area contributed by atoms with Crippen molar-refractivity contribution in [3.05, 3.63) is 70.8 Å². The van der Waals surface area contributed by atoms with E-state index >= 15 is 0 Å². The van der Waals surface area contributed by atoms with E-state index in [2.05, 4.69) is 0 Å². The Hall–Kier alpha value is -1.05. The normalized spacial score (nSPS) is 12.0. The molecule has 0 amide bonds. The summed E-state index contributed by atoms with van der Waals surface area (Å²) >= 11 is 0. The van der Waals surface area contributed by atoms with Gasteiger partial charge >= 0.3 is 48.9 Å². The maximum absolute atomic E-state index is 10.7. The van der Waals surface area contributed by atoms with Gasteiger partial charge in [-0.1, -0.05) is 76.2 Å². The van der Waals surface area contributed by atoms with E-state index in [4.69, 9.17) is 0 Å². The van der Waals surface area contributed by atoms with Gasteiger partial charge < -0.3 is 19.8 Å². The fourth-order valence-electron chi connectivity index (χ4n) is 2.67. The largest absolute Gasteiger partial charge is 2.00 e. The van der Waals surface area contributed by atoms with Gasteiger partial charge in [0.1, 0.15) is 0 Å². The molecule has 0 aliphatic rings. The minimum atomic E-state index is -1.09. The molecule has 2 atom stereocenters. The molecule has 0 aliphatic carbocycles. The molecule has 0 N–H and O–H groups in total. The fourth-order valence-corrected chi connectivity index (χ4v) is 2.67. The van der Waals surface area contributed by atoms with Crippen molar-refractivity contribution in [2.24, 2.45) is 0 Å². The van der Waals surface area contributed by atoms with Crippen molar-refractivity contribution in [2.45, 2.75) is 52.4 Å². The van der Waals surface area contributed by atoms with E-state index in [0.29, 0.717) is 11.1 Å². The van der Waals surface area contributed by atoms with Crippen molar-refractivity contribution in [3.8, 4) is 0 Å². The molecular formula is C22H26BaO4. The minimum absolute atomic E-state index is 0. The molecule has 0 radical (unpaired) electrons. The van der Waals surface area contributed by atoms with Gasteiger partial charge in [0.05, 0.1) is 11.9 Å². The first-order chi connectivity index (χ1) is 12.3. The van der Waals surface area contributed by atoms with Crippen molar-refractivity contribution in [1.82, 2.24) is 0 Å². The average molecular weight is 492 g/mol. The van der Waals surface area contributed by atoms with Crippen LogP contribution in [-0.2, 0) is 0 Å². The molecule has 4 nitrogen and oxygen atoms in total. The van der Waals surface area contributed by atoms with Crippen LogP contribution in [-0.4, -0.2) is 60.8 Å². The molecule has 2 aromatic rings. The SMILES string of the molecule is CCC(C)c1ccccc1C(=O)[O-].CCC(C)c1ccccc1C(=O)[O-].[Ba+2]. The summed E-state index contributed by atoms with van der Waals surface area (Å²) < 4.78 is 0. The van der Waals surface area contributed by atoms with Crippen molar-refractivity contribution in [2.75, 3.05) is 0 Å². The van der Waals surface area contributed by atoms with Crippen molar-refractivity contribution in [3.63, 3.8) is 0 Å². The van der Waals surface area contributed by atoms with Crippen molar-refractivity contribution >= 4 is 60.8 Å². The van der Waals surface area contributed by atoms with Crippen LogP contribution in [0.4, 0.5) is 0 Å². The molecule has 140 valence electrons. The summed E-state index contributed by atoms with van der Waals surface area (Å²) in [6.45, 7) is 8.11. The Bertz CT molecular complexity index is 679. The van der Waals surface area contributed by atoms with Crippen LogP contribution in [0.3, 0.4) is 0 Å². The van der Waals surface area contributed by atoms with E-state index in [-0.39, 0.29) is 60.7 Å². The van der Waals surface area contributed by atoms with Gasteiger partial charge in [-0.3, -0.25) is 0 Å². The van der Waals surface area contributed by atoms with Crippen LogP contribution in [0.2, 0.25) is 0 Å². The van der Waals surface area contributed by atoms with Crippen molar-refractivity contribution < 1.29 is 19.8 Å². The molecular weight excluding hydrogens is 466 g/mol. The molecule has 0 saturated carbocycles. The summed E-state index contributed by atoms with van der Waals surface area (Å²) in [4.78, 5) is 21.5. The number of carbonyl (C=O) groups is 2. The zero-order valence-corrected chi connectivity index (χ0v) is 21.0. The molecule has 0 bridgehead atoms. The molecule has 0 saturated heterocycles. The molecule has 27 heavy (non-hydrogen) atoms. The van der Waals surface area contributed by atoms with E-state index in [0.717, 1.165) is 24.0 Å². The quantitative estimate of drug-likeness (QED) is 0.582. The maximum Gasteiger partial charge on any atom is 2.00 e. The molecule has 0 aromatic heterocycles. The molecule has 2 unspecified atom stereocenters. The second-order valence-corrected chi connectivity index (χ2v) is 6.37. The molecule has 0 aliphatic heterocycles. The molecule has 0 fully saturated rings. The summed E-state index contributed by atoms with van der Waals surface area (Å²) in [5, 5.41) is 21.5. The Morgan fingerprint density at radius 3 is 1.30 bits per heavy atom. The van der Waals surface area contributed by atoms with E-state index < -0.39 is 11.9 Å². The predicted octanol–water partition coefficient (Wildman–Crippen LogP) is 2.75. The Morgan fingerprint density at radius 2 is 1.04 bits per heavy atom. The van der Waals surface area contributed by atoms with E-state index in [1.54, 1.807) is 24.3 Å². The van der Waals surface area contributed by atoms with Gasteiger partial charge in [-0.15, -0.1) is 0 Å².